The van der Waals surface area contributed by atoms with Crippen molar-refractivity contribution in [2.24, 2.45) is 17.8 Å². The number of esters is 1. The number of carbonyl (C=O) groups is 4. The van der Waals surface area contributed by atoms with E-state index in [9.17, 15) is 27.6 Å². The first-order valence-corrected chi connectivity index (χ1v) is 24.8. The lowest BCUT2D eigenvalue weighted by Gasteiger charge is -2.35. The maximum absolute atomic E-state index is 13.6. The number of nitrogens with two attached hydrogens (primary N) is 3. The highest BCUT2D eigenvalue weighted by Crippen LogP contribution is 2.42. The zero-order chi connectivity index (χ0) is 50.2. The molecule has 1 atom stereocenters. The van der Waals surface area contributed by atoms with Crippen LogP contribution in [0.15, 0.2) is 70.6 Å². The van der Waals surface area contributed by atoms with Crippen LogP contribution in [0.1, 0.15) is 97.8 Å². The molecule has 1 aliphatic rings. The number of pyridine rings is 1. The van der Waals surface area contributed by atoms with Crippen LogP contribution in [0.4, 0.5) is 11.4 Å². The van der Waals surface area contributed by atoms with Crippen molar-refractivity contribution in [1.82, 2.24) is 20.7 Å². The molecular formula is C51H66N9O8S+. The van der Waals surface area contributed by atoms with E-state index in [2.05, 4.69) is 30.2 Å². The van der Waals surface area contributed by atoms with Crippen molar-refractivity contribution in [2.45, 2.75) is 109 Å². The molecule has 0 radical (unpaired) electrons. The Morgan fingerprint density at radius 2 is 1.57 bits per heavy atom. The summed E-state index contributed by atoms with van der Waals surface area (Å²) in [5, 5.41) is 11.4. The number of benzene rings is 4. The Balaban J connectivity index is 0.898. The third-order valence-corrected chi connectivity index (χ3v) is 14.3. The zero-order valence-corrected chi connectivity index (χ0v) is 41.5. The van der Waals surface area contributed by atoms with Crippen LogP contribution in [0, 0.1) is 20.8 Å². The number of nitrogens with one attached hydrogen (secondary N) is 4. The second-order valence-electron chi connectivity index (χ2n) is 18.3. The van der Waals surface area contributed by atoms with Crippen molar-refractivity contribution in [2.75, 3.05) is 38.2 Å². The van der Waals surface area contributed by atoms with Gasteiger partial charge in [0, 0.05) is 66.4 Å². The van der Waals surface area contributed by atoms with E-state index in [0.717, 1.165) is 56.2 Å². The van der Waals surface area contributed by atoms with Crippen molar-refractivity contribution < 1.29 is 41.6 Å². The van der Waals surface area contributed by atoms with Gasteiger partial charge in [-0.2, -0.15) is 4.57 Å². The fourth-order valence-electron chi connectivity index (χ4n) is 8.92. The van der Waals surface area contributed by atoms with Crippen LogP contribution >= 0.6 is 0 Å². The number of ether oxygens (including phenoxy) is 2. The van der Waals surface area contributed by atoms with Crippen LogP contribution in [0.3, 0.4) is 0 Å². The van der Waals surface area contributed by atoms with Gasteiger partial charge < -0.3 is 42.6 Å². The number of unbranched alkanes of at least 4 members (excludes halogenated alkanes) is 2. The van der Waals surface area contributed by atoms with Gasteiger partial charge in [0.05, 0.1) is 22.8 Å². The molecule has 17 nitrogen and oxygen atoms in total. The van der Waals surface area contributed by atoms with Crippen LogP contribution in [0.5, 0.6) is 5.75 Å². The minimum absolute atomic E-state index is 0.0646. The summed E-state index contributed by atoms with van der Waals surface area (Å²) in [6, 6.07) is 18.1. The van der Waals surface area contributed by atoms with Gasteiger partial charge in [-0.1, -0.05) is 18.6 Å². The molecule has 0 fully saturated rings. The first-order chi connectivity index (χ1) is 32.7. The summed E-state index contributed by atoms with van der Waals surface area (Å²) in [6.07, 6.45) is 3.97. The summed E-state index contributed by atoms with van der Waals surface area (Å²) >= 11 is 0. The monoisotopic (exact) mass is 964 g/mol. The molecule has 10 N–H and O–H groups in total. The fourth-order valence-corrected chi connectivity index (χ4v) is 10.4. The van der Waals surface area contributed by atoms with Crippen molar-refractivity contribution in [1.29, 1.82) is 0 Å². The molecule has 6 rings (SSSR count). The van der Waals surface area contributed by atoms with Crippen molar-refractivity contribution >= 4 is 72.7 Å². The molecule has 1 aromatic heterocycles. The van der Waals surface area contributed by atoms with Gasteiger partial charge in [-0.15, -0.1) is 0 Å². The van der Waals surface area contributed by atoms with Crippen molar-refractivity contribution in [3.05, 3.63) is 88.5 Å². The highest BCUT2D eigenvalue weighted by Gasteiger charge is 2.34. The SMILES string of the molecule is COC(=O)C(CCCN=C(N)NS(=O)(=O)c1c(C)c(C)c2c(c1C)CCC(C)(C)O2)NC(=O)CCNC(=O)CCCCCNC(=O)c1cccc(-c2c3cc(N)ccc3c3ccc(N)cc3[n+]2C)c1. The van der Waals surface area contributed by atoms with E-state index in [1.165, 1.54) is 7.11 Å². The molecule has 0 aliphatic carbocycles. The Morgan fingerprint density at radius 1 is 0.841 bits per heavy atom. The minimum atomic E-state index is -4.09. The normalized spacial score (nSPS) is 13.8. The summed E-state index contributed by atoms with van der Waals surface area (Å²) in [5.41, 5.74) is 25.4. The van der Waals surface area contributed by atoms with Crippen LogP contribution in [0.25, 0.3) is 32.9 Å². The number of guanidine groups is 1. The van der Waals surface area contributed by atoms with Gasteiger partial charge >= 0.3 is 5.97 Å². The van der Waals surface area contributed by atoms with Crippen LogP contribution in [-0.4, -0.2) is 76.5 Å². The van der Waals surface area contributed by atoms with E-state index in [4.69, 9.17) is 26.7 Å². The van der Waals surface area contributed by atoms with E-state index in [0.29, 0.717) is 60.3 Å². The lowest BCUT2D eigenvalue weighted by Crippen LogP contribution is -2.42. The number of nitrogens with zero attached hydrogens (tertiary/aromatic N) is 2. The largest absolute Gasteiger partial charge is 0.487 e. The predicted octanol–water partition coefficient (Wildman–Crippen LogP) is 5.21. The van der Waals surface area contributed by atoms with E-state index < -0.39 is 27.9 Å². The molecule has 0 saturated heterocycles. The Morgan fingerprint density at radius 3 is 2.30 bits per heavy atom. The van der Waals surface area contributed by atoms with Crippen molar-refractivity contribution in [3.63, 3.8) is 0 Å². The molecule has 1 unspecified atom stereocenters. The number of fused-ring (bicyclic) bond motifs is 4. The molecule has 69 heavy (non-hydrogen) atoms. The second-order valence-corrected chi connectivity index (χ2v) is 19.9. The number of rotatable bonds is 19. The molecule has 0 spiro atoms. The average molecular weight is 965 g/mol. The molecule has 0 saturated carbocycles. The molecule has 2 heterocycles. The number of aromatic nitrogens is 1. The highest BCUT2D eigenvalue weighted by atomic mass is 32.2. The molecule has 4 aromatic carbocycles. The van der Waals surface area contributed by atoms with Gasteiger partial charge in [0.1, 0.15) is 24.4 Å². The fraction of sp³-hybridized carbons (Fsp3) is 0.412. The van der Waals surface area contributed by atoms with E-state index in [-0.39, 0.29) is 67.0 Å². The zero-order valence-electron chi connectivity index (χ0n) is 40.6. The standard InChI is InChI=1S/C51H65N9O8S/c1-30-31(2)47(32(3)37-21-23-51(4,5)68-46(30)37)69(65,66)59-50(54)57-25-12-15-41(49(64)67-7)58-44(62)22-26-55-43(61)16-9-8-10-24-56-48(63)34-14-11-13-33(27-34)45-40-28-35(52)17-19-38(40)39-20-18-36(53)29-42(39)60(45)6/h11,13-14,17-20,27-29,41,53H,8-10,12,15-16,21-26,52H2,1-7H3,(H6,54,55,56,57,58,59,61,62,63)/p+1. The lowest BCUT2D eigenvalue weighted by atomic mass is 9.88. The molecule has 18 heteroatoms. The smallest absolute Gasteiger partial charge is 0.328 e. The van der Waals surface area contributed by atoms with E-state index in [1.807, 2.05) is 82.4 Å². The van der Waals surface area contributed by atoms with Gasteiger partial charge in [-0.25, -0.2) is 17.9 Å². The quantitative estimate of drug-likeness (QED) is 0.0108. The first kappa shape index (κ1) is 51.4. The number of hydrogen-bond acceptors (Lipinski definition) is 11. The Bertz CT molecular complexity index is 2940. The Hall–Kier alpha value is -6.95. The van der Waals surface area contributed by atoms with Gasteiger partial charge in [0.25, 0.3) is 15.9 Å². The number of anilines is 2. The number of methoxy groups -OCH3 is 1. The maximum Gasteiger partial charge on any atom is 0.328 e. The average Bonchev–Trinajstić information content (AvgIpc) is 3.29. The molecule has 1 aliphatic heterocycles. The van der Waals surface area contributed by atoms with Gasteiger partial charge in [0.15, 0.2) is 0 Å². The van der Waals surface area contributed by atoms with Crippen LogP contribution < -0.4 is 47.2 Å². The molecule has 368 valence electrons. The van der Waals surface area contributed by atoms with E-state index in [1.54, 1.807) is 19.9 Å². The minimum Gasteiger partial charge on any atom is -0.487 e. The van der Waals surface area contributed by atoms with Gasteiger partial charge in [0.2, 0.25) is 29.0 Å². The maximum atomic E-state index is 13.6. The Labute approximate surface area is 404 Å². The van der Waals surface area contributed by atoms with Crippen molar-refractivity contribution in [3.8, 4) is 17.0 Å². The topological polar surface area (TPSA) is 263 Å². The van der Waals surface area contributed by atoms with E-state index >= 15 is 0 Å². The summed E-state index contributed by atoms with van der Waals surface area (Å²) in [5.74, 6) is -1.12. The lowest BCUT2D eigenvalue weighted by molar-refractivity contribution is -0.632. The molecule has 5 aromatic rings. The number of sulfonamides is 1. The number of aliphatic imine (C=N–C) groups is 1. The summed E-state index contributed by atoms with van der Waals surface area (Å²) in [7, 11) is -0.906. The molecule has 3 amide bonds. The number of carbonyl (C=O) groups excluding carboxylic acids is 4. The molecular weight excluding hydrogens is 899 g/mol. The van der Waals surface area contributed by atoms with Crippen LogP contribution in [0.2, 0.25) is 0 Å². The highest BCUT2D eigenvalue weighted by molar-refractivity contribution is 7.90. The number of hydrogen-bond donors (Lipinski definition) is 7. The summed E-state index contributed by atoms with van der Waals surface area (Å²) in [4.78, 5) is 55.4. The number of nitrogen functional groups attached to an aromatic ring is 2. The first-order valence-electron chi connectivity index (χ1n) is 23.3. The molecule has 0 bridgehead atoms. The van der Waals surface area contributed by atoms with Gasteiger partial charge in [-0.05, 0) is 138 Å². The Kier molecular flexibility index (Phi) is 16.4. The van der Waals surface area contributed by atoms with Crippen LogP contribution in [-0.2, 0) is 42.6 Å². The summed E-state index contributed by atoms with van der Waals surface area (Å²) in [6.45, 7) is 9.94. The third-order valence-electron chi connectivity index (χ3n) is 12.7. The second kappa shape index (κ2) is 22.0. The number of aryl methyl sites for hydroxylation is 1. The number of amides is 3. The predicted molar refractivity (Wildman–Crippen MR) is 269 cm³/mol. The summed E-state index contributed by atoms with van der Waals surface area (Å²) < 4.78 is 42.7. The van der Waals surface area contributed by atoms with Gasteiger partial charge in [-0.3, -0.25) is 19.4 Å². The third kappa shape index (κ3) is 12.4.